The van der Waals surface area contributed by atoms with Gasteiger partial charge in [0.05, 0.1) is 24.0 Å². The van der Waals surface area contributed by atoms with Crippen LogP contribution < -0.4 is 14.2 Å². The molecule has 33 heavy (non-hydrogen) atoms. The summed E-state index contributed by atoms with van der Waals surface area (Å²) in [6.07, 6.45) is 0. The van der Waals surface area contributed by atoms with Crippen molar-refractivity contribution in [1.82, 2.24) is 14.9 Å². The molecule has 11 heteroatoms. The van der Waals surface area contributed by atoms with Crippen LogP contribution in [0.15, 0.2) is 18.2 Å². The second-order valence-corrected chi connectivity index (χ2v) is 8.07. The highest BCUT2D eigenvalue weighted by Gasteiger charge is 2.24. The van der Waals surface area contributed by atoms with E-state index in [1.54, 1.807) is 33.2 Å². The van der Waals surface area contributed by atoms with Gasteiger partial charge in [0, 0.05) is 20.7 Å². The molecule has 1 amide bonds. The first-order valence-electron chi connectivity index (χ1n) is 10.1. The molecule has 3 aromatic rings. The van der Waals surface area contributed by atoms with E-state index in [2.05, 4.69) is 14.7 Å². The first kappa shape index (κ1) is 24.6. The van der Waals surface area contributed by atoms with Crippen LogP contribution in [0, 0.1) is 6.92 Å². The van der Waals surface area contributed by atoms with Crippen molar-refractivity contribution in [2.75, 3.05) is 27.9 Å². The molecule has 0 radical (unpaired) electrons. The van der Waals surface area contributed by atoms with Gasteiger partial charge in [-0.15, -0.1) is 11.3 Å². The molecule has 0 aliphatic rings. The van der Waals surface area contributed by atoms with Gasteiger partial charge in [-0.3, -0.25) is 4.79 Å². The van der Waals surface area contributed by atoms with E-state index in [9.17, 15) is 13.6 Å². The molecule has 0 aliphatic heterocycles. The third-order valence-corrected chi connectivity index (χ3v) is 5.93. The zero-order chi connectivity index (χ0) is 24.1. The van der Waals surface area contributed by atoms with Crippen LogP contribution in [0.3, 0.4) is 0 Å². The smallest absolute Gasteiger partial charge is 0.387 e. The molecule has 0 saturated carbocycles. The van der Waals surface area contributed by atoms with Crippen molar-refractivity contribution in [1.29, 1.82) is 0 Å². The van der Waals surface area contributed by atoms with Crippen molar-refractivity contribution in [3.8, 4) is 17.4 Å². The van der Waals surface area contributed by atoms with Crippen LogP contribution in [0.2, 0.25) is 0 Å². The fraction of sp³-hybridized carbons (Fsp3) is 0.409. The van der Waals surface area contributed by atoms with Gasteiger partial charge in [0.25, 0.3) is 5.91 Å². The second kappa shape index (κ2) is 10.7. The van der Waals surface area contributed by atoms with Crippen molar-refractivity contribution < 1.29 is 32.5 Å². The van der Waals surface area contributed by atoms with Gasteiger partial charge in [-0.1, -0.05) is 6.07 Å². The van der Waals surface area contributed by atoms with Gasteiger partial charge in [-0.25, -0.2) is 4.98 Å². The molecule has 0 atom stereocenters. The zero-order valence-electron chi connectivity index (χ0n) is 19.0. The number of amides is 1. The summed E-state index contributed by atoms with van der Waals surface area (Å²) in [5, 5.41) is 0.686. The highest BCUT2D eigenvalue weighted by Crippen LogP contribution is 2.36. The van der Waals surface area contributed by atoms with Gasteiger partial charge in [0.15, 0.2) is 17.3 Å². The Morgan fingerprint density at radius 2 is 1.97 bits per heavy atom. The average molecular weight is 482 g/mol. The molecule has 0 unspecified atom stereocenters. The molecule has 178 valence electrons. The molecule has 0 bridgehead atoms. The third-order valence-electron chi connectivity index (χ3n) is 4.75. The Morgan fingerprint density at radius 3 is 2.61 bits per heavy atom. The number of hydrogen-bond acceptors (Lipinski definition) is 8. The van der Waals surface area contributed by atoms with E-state index in [-0.39, 0.29) is 37.2 Å². The van der Waals surface area contributed by atoms with E-state index in [1.165, 1.54) is 29.4 Å². The number of rotatable bonds is 10. The van der Waals surface area contributed by atoms with Gasteiger partial charge in [-0.05, 0) is 37.1 Å². The molecule has 2 heterocycles. The minimum atomic E-state index is -2.96. The van der Waals surface area contributed by atoms with Crippen LogP contribution in [-0.2, 0) is 17.9 Å². The lowest BCUT2D eigenvalue weighted by atomic mass is 10.1. The Hall–Kier alpha value is -3.05. The van der Waals surface area contributed by atoms with E-state index >= 15 is 0 Å². The van der Waals surface area contributed by atoms with Crippen molar-refractivity contribution in [3.05, 3.63) is 40.0 Å². The number of hydrogen-bond donors (Lipinski definition) is 0. The number of ether oxygens (including phenoxy) is 4. The van der Waals surface area contributed by atoms with E-state index < -0.39 is 6.61 Å². The van der Waals surface area contributed by atoms with E-state index in [0.717, 1.165) is 5.56 Å². The van der Waals surface area contributed by atoms with Gasteiger partial charge in [0.2, 0.25) is 5.88 Å². The zero-order valence-corrected chi connectivity index (χ0v) is 19.8. The molecule has 0 N–H and O–H groups in total. The molecule has 0 aliphatic carbocycles. The van der Waals surface area contributed by atoms with Gasteiger partial charge in [0.1, 0.15) is 11.4 Å². The lowest BCUT2D eigenvalue weighted by Crippen LogP contribution is -2.26. The number of nitrogens with zero attached hydrogens (tertiary/aromatic N) is 3. The summed E-state index contributed by atoms with van der Waals surface area (Å²) in [6.45, 7) is 1.35. The summed E-state index contributed by atoms with van der Waals surface area (Å²) in [5.74, 6) is 0.780. The molecule has 2 aromatic heterocycles. The lowest BCUT2D eigenvalue weighted by molar-refractivity contribution is -0.0514. The molecular formula is C22H25F2N3O5S. The second-order valence-electron chi connectivity index (χ2n) is 7.07. The minimum absolute atomic E-state index is 0.0533. The molecule has 0 saturated heterocycles. The maximum absolute atomic E-state index is 13.2. The number of fused-ring (bicyclic) bond motifs is 1. The van der Waals surface area contributed by atoms with Crippen LogP contribution in [0.5, 0.6) is 17.4 Å². The molecular weight excluding hydrogens is 456 g/mol. The lowest BCUT2D eigenvalue weighted by Gasteiger charge is -2.18. The van der Waals surface area contributed by atoms with Crippen molar-refractivity contribution in [2.24, 2.45) is 0 Å². The molecule has 3 rings (SSSR count). The largest absolute Gasteiger partial charge is 0.490 e. The first-order chi connectivity index (χ1) is 15.8. The summed E-state index contributed by atoms with van der Waals surface area (Å²) >= 11 is 1.26. The summed E-state index contributed by atoms with van der Waals surface area (Å²) in [7, 11) is 4.72. The topological polar surface area (TPSA) is 83.0 Å². The maximum Gasteiger partial charge on any atom is 0.387 e. The summed E-state index contributed by atoms with van der Waals surface area (Å²) < 4.78 is 45.7. The summed E-state index contributed by atoms with van der Waals surface area (Å²) in [6, 6.07) is 4.62. The summed E-state index contributed by atoms with van der Waals surface area (Å²) in [5.41, 5.74) is 1.43. The number of carbonyl (C=O) groups excluding carboxylic acids is 1. The summed E-state index contributed by atoms with van der Waals surface area (Å²) in [4.78, 5) is 24.8. The van der Waals surface area contributed by atoms with Crippen molar-refractivity contribution in [3.63, 3.8) is 0 Å². The molecule has 0 spiro atoms. The number of aryl methyl sites for hydroxylation is 1. The van der Waals surface area contributed by atoms with Crippen molar-refractivity contribution in [2.45, 2.75) is 33.6 Å². The Bertz CT molecular complexity index is 1140. The Balaban J connectivity index is 1.88. The van der Waals surface area contributed by atoms with E-state index in [4.69, 9.17) is 14.2 Å². The number of alkyl halides is 2. The molecule has 0 fully saturated rings. The number of thiophene rings is 1. The van der Waals surface area contributed by atoms with Gasteiger partial charge < -0.3 is 23.8 Å². The highest BCUT2D eigenvalue weighted by atomic mass is 32.1. The molecule has 8 nitrogen and oxygen atoms in total. The Labute approximate surface area is 194 Å². The number of aromatic nitrogens is 2. The van der Waals surface area contributed by atoms with Gasteiger partial charge in [-0.2, -0.15) is 13.8 Å². The number of benzene rings is 1. The third kappa shape index (κ3) is 5.48. The first-order valence-corrected chi connectivity index (χ1v) is 10.9. The van der Waals surface area contributed by atoms with Crippen LogP contribution in [-0.4, -0.2) is 55.3 Å². The Kier molecular flexibility index (Phi) is 7.98. The highest BCUT2D eigenvalue weighted by molar-refractivity contribution is 7.20. The van der Waals surface area contributed by atoms with Crippen LogP contribution in [0.25, 0.3) is 10.2 Å². The van der Waals surface area contributed by atoms with Crippen molar-refractivity contribution >= 4 is 27.5 Å². The van der Waals surface area contributed by atoms with Crippen LogP contribution in [0.4, 0.5) is 8.78 Å². The van der Waals surface area contributed by atoms with E-state index in [0.29, 0.717) is 32.4 Å². The standard InChI is InChI=1S/C22H25F2N3O5S/c1-6-31-15-9-13(7-8-14(15)32-22(23)24)10-27(3)21(28)18-12(2)17-19(30-5)25-16(11-29-4)26-20(17)33-18/h7-9,22H,6,10-11H2,1-5H3. The monoisotopic (exact) mass is 481 g/mol. The normalized spacial score (nSPS) is 11.2. The number of halogens is 2. The maximum atomic E-state index is 13.2. The Morgan fingerprint density at radius 1 is 1.21 bits per heavy atom. The molecule has 1 aromatic carbocycles. The fourth-order valence-corrected chi connectivity index (χ4v) is 4.51. The van der Waals surface area contributed by atoms with Gasteiger partial charge >= 0.3 is 6.61 Å². The predicted molar refractivity (Wildman–Crippen MR) is 119 cm³/mol. The van der Waals surface area contributed by atoms with Crippen LogP contribution >= 0.6 is 11.3 Å². The minimum Gasteiger partial charge on any atom is -0.490 e. The van der Waals surface area contributed by atoms with Crippen LogP contribution in [0.1, 0.15) is 33.5 Å². The SMILES string of the molecule is CCOc1cc(CN(C)C(=O)c2sc3nc(COC)nc(OC)c3c2C)ccc1OC(F)F. The quantitative estimate of drug-likeness (QED) is 0.424. The number of methoxy groups -OCH3 is 2. The average Bonchev–Trinajstić information content (AvgIpc) is 3.11. The van der Waals surface area contributed by atoms with E-state index in [1.807, 2.05) is 6.92 Å². The number of carbonyl (C=O) groups is 1. The fourth-order valence-electron chi connectivity index (χ4n) is 3.32. The predicted octanol–water partition coefficient (Wildman–Crippen LogP) is 4.43.